The summed E-state index contributed by atoms with van der Waals surface area (Å²) in [4.78, 5) is 0. The Balaban J connectivity index is 2.03. The predicted molar refractivity (Wildman–Crippen MR) is 62.4 cm³/mol. The Morgan fingerprint density at radius 1 is 1.29 bits per heavy atom. The Morgan fingerprint density at radius 3 is 2.76 bits per heavy atom. The van der Waals surface area contributed by atoms with E-state index in [4.69, 9.17) is 5.11 Å². The van der Waals surface area contributed by atoms with Gasteiger partial charge in [-0.15, -0.1) is 11.3 Å². The number of rotatable bonds is 3. The lowest BCUT2D eigenvalue weighted by atomic mass is 10.2. The summed E-state index contributed by atoms with van der Waals surface area (Å²) in [5, 5.41) is 14.3. The maximum atomic E-state index is 12.1. The molecule has 0 saturated carbocycles. The Labute approximate surface area is 99.7 Å². The number of nitrogens with one attached hydrogen (secondary N) is 1. The quantitative estimate of drug-likeness (QED) is 0.889. The summed E-state index contributed by atoms with van der Waals surface area (Å²) in [5.74, 6) is 0. The molecule has 1 unspecified atom stereocenters. The first kappa shape index (κ1) is 12.2. The highest BCUT2D eigenvalue weighted by Gasteiger charge is 2.37. The first-order chi connectivity index (χ1) is 7.97. The van der Waals surface area contributed by atoms with E-state index in [0.717, 1.165) is 10.1 Å². The molecule has 1 atom stereocenters. The van der Waals surface area contributed by atoms with Crippen molar-refractivity contribution in [1.82, 2.24) is 0 Å². The highest BCUT2D eigenvalue weighted by Crippen LogP contribution is 2.25. The predicted octanol–water partition coefficient (Wildman–Crippen LogP) is 3.24. The fourth-order valence-electron chi connectivity index (χ4n) is 1.41. The van der Waals surface area contributed by atoms with Crippen molar-refractivity contribution in [1.29, 1.82) is 0 Å². The Hall–Kier alpha value is -1.27. The molecule has 0 radical (unpaired) electrons. The van der Waals surface area contributed by atoms with E-state index in [2.05, 4.69) is 5.32 Å². The molecule has 2 rings (SSSR count). The maximum absolute atomic E-state index is 12.1. The SMILES string of the molecule is OC(CNc1ccc2sccc2c1)C(F)(F)F. The van der Waals surface area contributed by atoms with Crippen LogP contribution in [0.1, 0.15) is 0 Å². The maximum Gasteiger partial charge on any atom is 0.416 e. The lowest BCUT2D eigenvalue weighted by Gasteiger charge is -2.15. The standard InChI is InChI=1S/C11H10F3NOS/c12-11(13,14)10(16)6-15-8-1-2-9-7(5-8)3-4-17-9/h1-5,10,15-16H,6H2. The first-order valence-electron chi connectivity index (χ1n) is 4.93. The van der Waals surface area contributed by atoms with E-state index in [-0.39, 0.29) is 0 Å². The van der Waals surface area contributed by atoms with Crippen molar-refractivity contribution in [2.75, 3.05) is 11.9 Å². The second-order valence-electron chi connectivity index (χ2n) is 3.61. The number of aliphatic hydroxyl groups excluding tert-OH is 1. The van der Waals surface area contributed by atoms with Crippen molar-refractivity contribution >= 4 is 27.1 Å². The van der Waals surface area contributed by atoms with Gasteiger partial charge in [-0.1, -0.05) is 0 Å². The van der Waals surface area contributed by atoms with Gasteiger partial charge < -0.3 is 10.4 Å². The van der Waals surface area contributed by atoms with Crippen LogP contribution in [-0.4, -0.2) is 23.9 Å². The van der Waals surface area contributed by atoms with Crippen LogP contribution in [0.25, 0.3) is 10.1 Å². The summed E-state index contributed by atoms with van der Waals surface area (Å²) in [7, 11) is 0. The summed E-state index contributed by atoms with van der Waals surface area (Å²) in [6.07, 6.45) is -6.93. The van der Waals surface area contributed by atoms with Gasteiger partial charge in [0.15, 0.2) is 6.10 Å². The van der Waals surface area contributed by atoms with Crippen LogP contribution < -0.4 is 5.32 Å². The molecule has 0 amide bonds. The van der Waals surface area contributed by atoms with Crippen LogP contribution in [0.2, 0.25) is 0 Å². The average molecular weight is 261 g/mol. The van der Waals surface area contributed by atoms with Crippen molar-refractivity contribution in [3.63, 3.8) is 0 Å². The highest BCUT2D eigenvalue weighted by molar-refractivity contribution is 7.17. The Kier molecular flexibility index (Phi) is 3.26. The van der Waals surface area contributed by atoms with Gasteiger partial charge in [0.25, 0.3) is 0 Å². The second kappa shape index (κ2) is 4.54. The minimum atomic E-state index is -4.58. The minimum absolute atomic E-state index is 0.543. The molecule has 0 fully saturated rings. The second-order valence-corrected chi connectivity index (χ2v) is 4.56. The Morgan fingerprint density at radius 2 is 2.06 bits per heavy atom. The topological polar surface area (TPSA) is 32.3 Å². The van der Waals surface area contributed by atoms with Gasteiger partial charge in [-0.25, -0.2) is 0 Å². The third-order valence-corrected chi connectivity index (χ3v) is 3.23. The van der Waals surface area contributed by atoms with Gasteiger partial charge in [-0.3, -0.25) is 0 Å². The molecule has 0 aliphatic rings. The van der Waals surface area contributed by atoms with Gasteiger partial charge in [0.05, 0.1) is 0 Å². The monoisotopic (exact) mass is 261 g/mol. The zero-order chi connectivity index (χ0) is 12.5. The third kappa shape index (κ3) is 2.89. The lowest BCUT2D eigenvalue weighted by Crippen LogP contribution is -2.34. The smallest absolute Gasteiger partial charge is 0.382 e. The van der Waals surface area contributed by atoms with Crippen molar-refractivity contribution in [2.24, 2.45) is 0 Å². The molecule has 0 aliphatic heterocycles. The Bertz CT molecular complexity index is 509. The van der Waals surface area contributed by atoms with Gasteiger partial charge >= 0.3 is 6.18 Å². The molecule has 2 N–H and O–H groups in total. The molecule has 1 aromatic carbocycles. The molecule has 17 heavy (non-hydrogen) atoms. The fourth-order valence-corrected chi connectivity index (χ4v) is 2.18. The first-order valence-corrected chi connectivity index (χ1v) is 5.81. The molecule has 0 saturated heterocycles. The number of anilines is 1. The van der Waals surface area contributed by atoms with E-state index in [1.165, 1.54) is 0 Å². The number of benzene rings is 1. The van der Waals surface area contributed by atoms with Gasteiger partial charge in [0.2, 0.25) is 0 Å². The molecule has 0 spiro atoms. The number of halogens is 3. The van der Waals surface area contributed by atoms with E-state index in [0.29, 0.717) is 5.69 Å². The fraction of sp³-hybridized carbons (Fsp3) is 0.273. The van der Waals surface area contributed by atoms with E-state index in [1.807, 2.05) is 17.5 Å². The number of thiophene rings is 1. The summed E-state index contributed by atoms with van der Waals surface area (Å²) >= 11 is 1.57. The largest absolute Gasteiger partial charge is 0.416 e. The molecule has 0 aliphatic carbocycles. The third-order valence-electron chi connectivity index (χ3n) is 2.33. The van der Waals surface area contributed by atoms with Crippen LogP contribution in [0, 0.1) is 0 Å². The minimum Gasteiger partial charge on any atom is -0.382 e. The summed E-state index contributed by atoms with van der Waals surface area (Å²) in [6, 6.07) is 7.19. The van der Waals surface area contributed by atoms with E-state index in [9.17, 15) is 13.2 Å². The van der Waals surface area contributed by atoms with Crippen LogP contribution in [0.15, 0.2) is 29.6 Å². The van der Waals surface area contributed by atoms with Crippen LogP contribution in [0.3, 0.4) is 0 Å². The summed E-state index contributed by atoms with van der Waals surface area (Å²) in [5.41, 5.74) is 0.569. The normalized spacial score (nSPS) is 13.9. The molecular formula is C11H10F3NOS. The van der Waals surface area contributed by atoms with Gasteiger partial charge in [-0.2, -0.15) is 13.2 Å². The zero-order valence-corrected chi connectivity index (χ0v) is 9.48. The molecule has 92 valence electrons. The van der Waals surface area contributed by atoms with Crippen molar-refractivity contribution in [3.8, 4) is 0 Å². The van der Waals surface area contributed by atoms with Crippen molar-refractivity contribution in [3.05, 3.63) is 29.6 Å². The lowest BCUT2D eigenvalue weighted by molar-refractivity contribution is -0.198. The number of hydrogen-bond acceptors (Lipinski definition) is 3. The molecule has 6 heteroatoms. The zero-order valence-electron chi connectivity index (χ0n) is 8.66. The molecule has 2 aromatic rings. The average Bonchev–Trinajstić information content (AvgIpc) is 2.71. The number of alkyl halides is 3. The van der Waals surface area contributed by atoms with Crippen LogP contribution >= 0.6 is 11.3 Å². The van der Waals surface area contributed by atoms with Gasteiger partial charge in [0, 0.05) is 16.9 Å². The molecule has 0 bridgehead atoms. The van der Waals surface area contributed by atoms with Crippen molar-refractivity contribution in [2.45, 2.75) is 12.3 Å². The van der Waals surface area contributed by atoms with E-state index in [1.54, 1.807) is 23.5 Å². The van der Waals surface area contributed by atoms with E-state index < -0.39 is 18.8 Å². The van der Waals surface area contributed by atoms with Crippen molar-refractivity contribution < 1.29 is 18.3 Å². The molecule has 1 heterocycles. The molecular weight excluding hydrogens is 251 g/mol. The van der Waals surface area contributed by atoms with Crippen LogP contribution in [0.4, 0.5) is 18.9 Å². The van der Waals surface area contributed by atoms with E-state index >= 15 is 0 Å². The molecule has 2 nitrogen and oxygen atoms in total. The number of hydrogen-bond donors (Lipinski definition) is 2. The highest BCUT2D eigenvalue weighted by atomic mass is 32.1. The number of aliphatic hydroxyl groups is 1. The summed E-state index contributed by atoms with van der Waals surface area (Å²) in [6.45, 7) is -0.543. The van der Waals surface area contributed by atoms with Crippen LogP contribution in [-0.2, 0) is 0 Å². The number of fused-ring (bicyclic) bond motifs is 1. The van der Waals surface area contributed by atoms with Gasteiger partial charge in [-0.05, 0) is 35.0 Å². The van der Waals surface area contributed by atoms with Gasteiger partial charge in [0.1, 0.15) is 0 Å². The summed E-state index contributed by atoms with van der Waals surface area (Å²) < 4.78 is 37.3. The molecule has 1 aromatic heterocycles. The van der Waals surface area contributed by atoms with Crippen LogP contribution in [0.5, 0.6) is 0 Å².